The highest BCUT2D eigenvalue weighted by Gasteiger charge is 2.47. The van der Waals surface area contributed by atoms with Crippen LogP contribution in [0.3, 0.4) is 0 Å². The lowest BCUT2D eigenvalue weighted by Gasteiger charge is -2.36. The van der Waals surface area contributed by atoms with E-state index in [4.69, 9.17) is 17.2 Å². The van der Waals surface area contributed by atoms with E-state index < -0.39 is 211 Å². The van der Waals surface area contributed by atoms with Crippen molar-refractivity contribution in [1.29, 1.82) is 0 Å². The lowest BCUT2D eigenvalue weighted by molar-refractivity contribution is -0.149. The standard InChI is InChI=1S/C87H126N20O18/c1-12-14-25-67-81(119)101-62(36-48(5)6)83(121)103(8)46-73(112)93-45-72(111)94-63(37-50-28-30-53(108)31-29-50)84(122)104(9)49(7)76(114)99-65(41-71(90)110)86(124)107-34-20-27-68(107)82(120)102-66(42-89)80(118)97-59(35-47(3)4)75(113)74-70(109)40-61(95-74)79(117)98-60(38-51-43-91-56-23-18-16-21-54(51)56)78(116)96-58(32-33-88)77(115)100-64(39-52-44-92-57-24-19-17-22-55(52)57)85(123)106(11)69(26-15-13-2)87(125)105(67)10/h16-19,21-24,28-31,43-44,47-49,58-70,74,91-92,95,108-109H,12-15,20,25-27,32-42,45-46,88-89H2,1-11H3,(H2,90,110)(H,93,112)(H,94,111)(H,96,116)(H,97,118)(H,98,117)(H,99,114)(H,100,115)(H,101,119)(H,102,120)/t49-,58-,59-,60-,61-,62-,63-,64-,65-,66-,67-,68-,69-,70+,74?/m0/s1. The molecular formula is C87H126N20O18. The van der Waals surface area contributed by atoms with Gasteiger partial charge in [-0.05, 0) is 118 Å². The number of hydrogen-bond donors (Lipinski definition) is 17. The molecule has 5 heterocycles. The van der Waals surface area contributed by atoms with Crippen molar-refractivity contribution in [1.82, 2.24) is 87.6 Å². The molecule has 3 aliphatic rings. The van der Waals surface area contributed by atoms with Gasteiger partial charge < -0.3 is 110 Å². The van der Waals surface area contributed by atoms with Crippen LogP contribution in [-0.4, -0.2) is 291 Å². The van der Waals surface area contributed by atoms with Crippen LogP contribution in [0.5, 0.6) is 5.75 Å². The highest BCUT2D eigenvalue weighted by atomic mass is 16.3. The molecule has 8 rings (SSSR count). The fourth-order valence-corrected chi connectivity index (χ4v) is 16.1. The van der Waals surface area contributed by atoms with E-state index in [1.807, 2.05) is 45.9 Å². The number of benzene rings is 3. The smallest absolute Gasteiger partial charge is 0.246 e. The number of H-pyrrole nitrogens is 2. The third-order valence-corrected chi connectivity index (χ3v) is 23.2. The molecule has 0 aliphatic carbocycles. The van der Waals surface area contributed by atoms with Gasteiger partial charge in [-0.25, -0.2) is 0 Å². The van der Waals surface area contributed by atoms with Crippen molar-refractivity contribution in [3.8, 4) is 5.75 Å². The van der Waals surface area contributed by atoms with Crippen LogP contribution in [0.15, 0.2) is 85.2 Å². The first-order chi connectivity index (χ1) is 59.4. The minimum absolute atomic E-state index is 0.0169. The number of nitrogens with zero attached hydrogens (tertiary/aromatic N) is 5. The van der Waals surface area contributed by atoms with E-state index in [0.29, 0.717) is 64.2 Å². The molecule has 0 radical (unpaired) electrons. The maximum atomic E-state index is 15.7. The van der Waals surface area contributed by atoms with Crippen molar-refractivity contribution in [2.24, 2.45) is 29.0 Å². The number of phenolic OH excluding ortho intramolecular Hbond substituents is 1. The van der Waals surface area contributed by atoms with Crippen molar-refractivity contribution in [3.63, 3.8) is 0 Å². The van der Waals surface area contributed by atoms with Crippen LogP contribution < -0.4 is 70.4 Å². The number of para-hydroxylation sites is 2. The number of amides is 15. The van der Waals surface area contributed by atoms with E-state index in [0.717, 1.165) is 14.7 Å². The second-order valence-electron chi connectivity index (χ2n) is 33.7. The summed E-state index contributed by atoms with van der Waals surface area (Å²) < 4.78 is 0. The maximum absolute atomic E-state index is 15.7. The number of aromatic hydroxyl groups is 1. The van der Waals surface area contributed by atoms with Gasteiger partial charge in [0.25, 0.3) is 0 Å². The van der Waals surface area contributed by atoms with Gasteiger partial charge >= 0.3 is 0 Å². The zero-order chi connectivity index (χ0) is 91.8. The van der Waals surface area contributed by atoms with Gasteiger partial charge in [-0.1, -0.05) is 116 Å². The Bertz CT molecular complexity index is 4670. The summed E-state index contributed by atoms with van der Waals surface area (Å²) in [6.07, 6.45) is 2.18. The number of aliphatic hydroxyl groups is 1. The molecule has 15 amide bonds. The van der Waals surface area contributed by atoms with E-state index in [2.05, 4.69) is 63.1 Å². The Kier molecular flexibility index (Phi) is 36.4. The molecule has 38 nitrogen and oxygen atoms in total. The van der Waals surface area contributed by atoms with Gasteiger partial charge in [0.05, 0.1) is 43.7 Å². The molecule has 2 bridgehead atoms. The Morgan fingerprint density at radius 2 is 1.03 bits per heavy atom. The summed E-state index contributed by atoms with van der Waals surface area (Å²) in [6.45, 7) is 9.97. The number of aromatic amines is 2. The van der Waals surface area contributed by atoms with Crippen molar-refractivity contribution in [3.05, 3.63) is 102 Å². The van der Waals surface area contributed by atoms with Crippen LogP contribution in [0.1, 0.15) is 149 Å². The zero-order valence-corrected chi connectivity index (χ0v) is 73.1. The van der Waals surface area contributed by atoms with Crippen molar-refractivity contribution in [2.45, 2.75) is 242 Å². The predicted octanol–water partition coefficient (Wildman–Crippen LogP) is -1.34. The zero-order valence-electron chi connectivity index (χ0n) is 73.1. The quantitative estimate of drug-likeness (QED) is 0.0404. The molecule has 3 fully saturated rings. The number of carbonyl (C=O) groups is 16. The third kappa shape index (κ3) is 26.6. The Morgan fingerprint density at radius 3 is 1.62 bits per heavy atom. The average molecular weight is 1740 g/mol. The minimum atomic E-state index is -1.73. The molecule has 15 atom stereocenters. The van der Waals surface area contributed by atoms with Gasteiger partial charge in [-0.3, -0.25) is 82.0 Å². The number of phenols is 1. The number of Topliss-reactive ketones (excluding diaryl/α,β-unsaturated/α-hetero) is 1. The summed E-state index contributed by atoms with van der Waals surface area (Å²) in [5.74, 6) is -14.3. The second kappa shape index (κ2) is 46.2. The lowest BCUT2D eigenvalue weighted by Crippen LogP contribution is -2.61. The number of hydrogen-bond acceptors (Lipinski definition) is 21. The molecule has 1 unspecified atom stereocenters. The second-order valence-corrected chi connectivity index (χ2v) is 33.7. The van der Waals surface area contributed by atoms with Crippen LogP contribution in [0.4, 0.5) is 0 Å². The number of likely N-dealkylation sites (N-methyl/N-ethyl adjacent to an activating group) is 4. The van der Waals surface area contributed by atoms with Crippen LogP contribution in [0, 0.1) is 11.8 Å². The summed E-state index contributed by atoms with van der Waals surface area (Å²) in [7, 11) is 5.38. The fourth-order valence-electron chi connectivity index (χ4n) is 16.1. The van der Waals surface area contributed by atoms with Gasteiger partial charge in [-0.2, -0.15) is 0 Å². The molecule has 0 spiro atoms. The van der Waals surface area contributed by atoms with Gasteiger partial charge in [0.2, 0.25) is 88.6 Å². The predicted molar refractivity (Wildman–Crippen MR) is 463 cm³/mol. The molecule has 0 saturated carbocycles. The Morgan fingerprint density at radius 1 is 0.520 bits per heavy atom. The summed E-state index contributed by atoms with van der Waals surface area (Å²) in [5, 5.41) is 50.3. The highest BCUT2D eigenvalue weighted by molar-refractivity contribution is 6.02. The molecule has 5 aromatic rings. The summed E-state index contributed by atoms with van der Waals surface area (Å²) >= 11 is 0. The number of unbranched alkanes of at least 4 members (excludes halogenated alkanes) is 2. The van der Waals surface area contributed by atoms with Crippen LogP contribution in [0.2, 0.25) is 0 Å². The average Bonchev–Trinajstić information content (AvgIpc) is 1.76. The third-order valence-electron chi connectivity index (χ3n) is 23.2. The first-order valence-electron chi connectivity index (χ1n) is 43.0. The molecule has 682 valence electrons. The van der Waals surface area contributed by atoms with Crippen LogP contribution >= 0.6 is 0 Å². The fraction of sp³-hybridized carbons (Fsp3) is 0.563. The molecule has 125 heavy (non-hydrogen) atoms. The molecule has 3 aliphatic heterocycles. The molecule has 20 N–H and O–H groups in total. The Hall–Kier alpha value is -11.9. The number of fused-ring (bicyclic) bond motifs is 5. The lowest BCUT2D eigenvalue weighted by atomic mass is 9.94. The number of carbonyl (C=O) groups excluding carboxylic acids is 16. The number of primary amides is 1. The molecule has 3 saturated heterocycles. The number of aromatic nitrogens is 2. The van der Waals surface area contributed by atoms with E-state index >= 15 is 24.0 Å². The summed E-state index contributed by atoms with van der Waals surface area (Å²) in [6, 6.07) is -0.0292. The van der Waals surface area contributed by atoms with E-state index in [9.17, 15) is 63.0 Å². The van der Waals surface area contributed by atoms with Crippen LogP contribution in [0.25, 0.3) is 21.8 Å². The topological polar surface area (TPSA) is 560 Å². The Labute approximate surface area is 727 Å². The normalized spacial score (nSPS) is 26.0. The number of nitrogens with two attached hydrogens (primary N) is 3. The van der Waals surface area contributed by atoms with Crippen molar-refractivity contribution < 1.29 is 86.9 Å². The van der Waals surface area contributed by atoms with E-state index in [1.54, 1.807) is 56.6 Å². The number of ketones is 1. The van der Waals surface area contributed by atoms with Gasteiger partial charge in [0.15, 0.2) is 5.78 Å². The number of rotatable bonds is 21. The van der Waals surface area contributed by atoms with Gasteiger partial charge in [-0.15, -0.1) is 0 Å². The maximum Gasteiger partial charge on any atom is 0.246 e. The Balaban J connectivity index is 1.14. The molecule has 2 aromatic heterocycles. The molecule has 38 heteroatoms. The molecular weight excluding hydrogens is 1610 g/mol. The SMILES string of the molecule is CCCC[C@H]1C(=O)N(C)[C@@H](CCCC)C(=O)N[C@@H](CC(C)C)C(=O)N(C)CC(=O)NCC(=O)N[C@@H](Cc2ccc(O)cc2)C(=O)N(C)[C@@H](C)C(=O)N[C@@H](CC(N)=O)C(=O)N2CCC[C@H]2C(=O)N[C@@H](CN)C(=O)N[C@@H](CC(C)C)C(=O)C2N[C@@H](C[C@H]2O)C(=O)N[C@@H](Cc2c[nH]c3ccccc23)C(=O)N[C@@H](CCN)C(=O)N[C@@H](Cc2c[nH]c3ccccc23)C(=O)N1C. The first kappa shape index (κ1) is 98.5. The van der Waals surface area contributed by atoms with E-state index in [1.165, 1.54) is 69.2 Å². The van der Waals surface area contributed by atoms with Crippen molar-refractivity contribution >= 4 is 116 Å². The van der Waals surface area contributed by atoms with E-state index in [-0.39, 0.29) is 101 Å². The number of aliphatic hydroxyl groups excluding tert-OH is 1. The van der Waals surface area contributed by atoms with Crippen molar-refractivity contribution in [2.75, 3.05) is 60.9 Å². The minimum Gasteiger partial charge on any atom is -0.508 e. The first-order valence-corrected chi connectivity index (χ1v) is 43.0. The van der Waals surface area contributed by atoms with Gasteiger partial charge in [0.1, 0.15) is 72.2 Å². The van der Waals surface area contributed by atoms with Gasteiger partial charge in [0, 0.05) is 94.7 Å². The van der Waals surface area contributed by atoms with Crippen LogP contribution in [-0.2, 0) is 96.0 Å². The molecule has 3 aromatic carbocycles. The summed E-state index contributed by atoms with van der Waals surface area (Å²) in [5.41, 5.74) is 21.0. The highest BCUT2D eigenvalue weighted by Crippen LogP contribution is 2.27. The summed E-state index contributed by atoms with van der Waals surface area (Å²) in [4.78, 5) is 246. The number of nitrogens with one attached hydrogen (secondary N) is 12. The largest absolute Gasteiger partial charge is 0.508 e. The monoisotopic (exact) mass is 1740 g/mol.